The Kier molecular flexibility index (Phi) is 8.18. The minimum atomic E-state index is -0.149. The Morgan fingerprint density at radius 1 is 0.829 bits per heavy atom. The van der Waals surface area contributed by atoms with Crippen LogP contribution in [0.2, 0.25) is 0 Å². The summed E-state index contributed by atoms with van der Waals surface area (Å²) >= 11 is 0. The van der Waals surface area contributed by atoms with Crippen LogP contribution in [0.4, 0.5) is 11.4 Å². The maximum absolute atomic E-state index is 9.66. The van der Waals surface area contributed by atoms with Crippen molar-refractivity contribution in [2.75, 3.05) is 37.3 Å². The summed E-state index contributed by atoms with van der Waals surface area (Å²) in [5, 5.41) is 28.1. The molecule has 0 saturated heterocycles. The zero-order valence-corrected chi connectivity index (χ0v) is 20.1. The van der Waals surface area contributed by atoms with Crippen molar-refractivity contribution >= 4 is 33.2 Å². The fourth-order valence-corrected chi connectivity index (χ4v) is 4.25. The summed E-state index contributed by atoms with van der Waals surface area (Å²) in [4.78, 5) is 11.0. The number of fused-ring (bicyclic) bond motifs is 2. The Hall–Kier alpha value is -3.62. The number of aromatic nitrogens is 2. The fourth-order valence-electron chi connectivity index (χ4n) is 4.25. The number of hydrogen-bond donors (Lipinski definition) is 5. The second-order valence-electron chi connectivity index (χ2n) is 8.95. The highest BCUT2D eigenvalue weighted by Gasteiger charge is 2.08. The summed E-state index contributed by atoms with van der Waals surface area (Å²) in [6, 6.07) is 14.3. The van der Waals surface area contributed by atoms with Gasteiger partial charge in [0, 0.05) is 53.2 Å². The van der Waals surface area contributed by atoms with Crippen molar-refractivity contribution in [3.05, 3.63) is 60.9 Å². The molecule has 8 nitrogen and oxygen atoms in total. The molecule has 2 heterocycles. The lowest BCUT2D eigenvalue weighted by Crippen LogP contribution is -2.31. The molecule has 6 N–H and O–H groups in total. The van der Waals surface area contributed by atoms with E-state index >= 15 is 0 Å². The van der Waals surface area contributed by atoms with Crippen molar-refractivity contribution in [3.63, 3.8) is 0 Å². The van der Waals surface area contributed by atoms with E-state index in [1.54, 1.807) is 36.7 Å². The first-order valence-electron chi connectivity index (χ1n) is 12.1. The second-order valence-corrected chi connectivity index (χ2v) is 8.95. The first-order valence-corrected chi connectivity index (χ1v) is 12.1. The number of aromatic hydroxyl groups is 2. The van der Waals surface area contributed by atoms with Gasteiger partial charge >= 0.3 is 0 Å². The average molecular weight is 475 g/mol. The van der Waals surface area contributed by atoms with Gasteiger partial charge in [-0.15, -0.1) is 0 Å². The van der Waals surface area contributed by atoms with Gasteiger partial charge in [0.15, 0.2) is 0 Å². The summed E-state index contributed by atoms with van der Waals surface area (Å²) in [5.41, 5.74) is 9.84. The number of unbranched alkanes of at least 4 members (excludes halogenated alkanes) is 1. The van der Waals surface area contributed by atoms with Crippen LogP contribution in [-0.4, -0.2) is 57.9 Å². The molecule has 4 rings (SSSR count). The third-order valence-electron chi connectivity index (χ3n) is 6.13. The molecule has 35 heavy (non-hydrogen) atoms. The van der Waals surface area contributed by atoms with Crippen LogP contribution in [0.1, 0.15) is 25.7 Å². The van der Waals surface area contributed by atoms with Gasteiger partial charge in [0.25, 0.3) is 0 Å². The zero-order valence-electron chi connectivity index (χ0n) is 20.1. The van der Waals surface area contributed by atoms with Crippen molar-refractivity contribution in [2.24, 2.45) is 5.73 Å². The lowest BCUT2D eigenvalue weighted by atomic mass is 10.1. The molecule has 0 spiro atoms. The molecule has 0 aliphatic carbocycles. The monoisotopic (exact) mass is 474 g/mol. The predicted molar refractivity (Wildman–Crippen MR) is 143 cm³/mol. The number of nitrogens with one attached hydrogen (secondary N) is 2. The first kappa shape index (κ1) is 24.5. The molecule has 0 fully saturated rings. The van der Waals surface area contributed by atoms with E-state index in [0.29, 0.717) is 0 Å². The molecule has 8 heteroatoms. The highest BCUT2D eigenvalue weighted by molar-refractivity contribution is 5.92. The van der Waals surface area contributed by atoms with Crippen LogP contribution < -0.4 is 16.4 Å². The van der Waals surface area contributed by atoms with Gasteiger partial charge in [-0.05, 0) is 82.2 Å². The van der Waals surface area contributed by atoms with Gasteiger partial charge in [0.05, 0.1) is 17.2 Å². The SMILES string of the molecule is CN(CCCCNc1ccnc2cc(O)ccc12)CCC[C@H](N)Nc1ccnc2cc(O)ccc12. The summed E-state index contributed by atoms with van der Waals surface area (Å²) in [6.45, 7) is 2.92. The largest absolute Gasteiger partial charge is 0.508 e. The van der Waals surface area contributed by atoms with Crippen LogP contribution in [0.3, 0.4) is 0 Å². The number of anilines is 2. The quantitative estimate of drug-likeness (QED) is 0.150. The van der Waals surface area contributed by atoms with E-state index in [0.717, 1.165) is 78.5 Å². The average Bonchev–Trinajstić information content (AvgIpc) is 2.83. The normalized spacial score (nSPS) is 12.3. The molecule has 0 amide bonds. The number of hydrogen-bond acceptors (Lipinski definition) is 8. The maximum atomic E-state index is 9.66. The molecule has 4 aromatic rings. The smallest absolute Gasteiger partial charge is 0.117 e. The molecular weight excluding hydrogens is 440 g/mol. The molecular formula is C27H34N6O2. The number of phenols is 2. The summed E-state index contributed by atoms with van der Waals surface area (Å²) < 4.78 is 0. The summed E-state index contributed by atoms with van der Waals surface area (Å²) in [5.74, 6) is 0.436. The van der Waals surface area contributed by atoms with Gasteiger partial charge in [-0.25, -0.2) is 0 Å². The molecule has 0 unspecified atom stereocenters. The number of benzene rings is 2. The lowest BCUT2D eigenvalue weighted by molar-refractivity contribution is 0.317. The van der Waals surface area contributed by atoms with Gasteiger partial charge in [-0.1, -0.05) is 0 Å². The Morgan fingerprint density at radius 3 is 2.11 bits per heavy atom. The number of rotatable bonds is 12. The van der Waals surface area contributed by atoms with E-state index in [1.165, 1.54) is 0 Å². The third kappa shape index (κ3) is 6.71. The van der Waals surface area contributed by atoms with Crippen molar-refractivity contribution in [2.45, 2.75) is 31.8 Å². The Bertz CT molecular complexity index is 1270. The van der Waals surface area contributed by atoms with Crippen molar-refractivity contribution < 1.29 is 10.2 Å². The summed E-state index contributed by atoms with van der Waals surface area (Å²) in [6.07, 6.45) is 7.37. The van der Waals surface area contributed by atoms with Crippen LogP contribution in [0, 0.1) is 0 Å². The summed E-state index contributed by atoms with van der Waals surface area (Å²) in [7, 11) is 2.15. The van der Waals surface area contributed by atoms with Gasteiger partial charge in [0.2, 0.25) is 0 Å². The molecule has 0 radical (unpaired) electrons. The minimum absolute atomic E-state index is 0.149. The van der Waals surface area contributed by atoms with Crippen molar-refractivity contribution in [3.8, 4) is 11.5 Å². The van der Waals surface area contributed by atoms with Gasteiger partial charge in [-0.2, -0.15) is 0 Å². The molecule has 0 aliphatic rings. The Balaban J connectivity index is 1.13. The second kappa shape index (κ2) is 11.7. The molecule has 2 aromatic heterocycles. The first-order chi connectivity index (χ1) is 17.0. The van der Waals surface area contributed by atoms with Crippen LogP contribution in [0.5, 0.6) is 11.5 Å². The van der Waals surface area contributed by atoms with Gasteiger partial charge in [0.1, 0.15) is 11.5 Å². The number of nitrogens with zero attached hydrogens (tertiary/aromatic N) is 3. The van der Waals surface area contributed by atoms with Gasteiger partial charge in [-0.3, -0.25) is 9.97 Å². The highest BCUT2D eigenvalue weighted by atomic mass is 16.3. The minimum Gasteiger partial charge on any atom is -0.508 e. The molecule has 2 aromatic carbocycles. The van der Waals surface area contributed by atoms with E-state index < -0.39 is 0 Å². The maximum Gasteiger partial charge on any atom is 0.117 e. The van der Waals surface area contributed by atoms with E-state index in [2.05, 4.69) is 32.5 Å². The standard InChI is InChI=1S/C27H34N6O2/c1-33(15-3-2-12-29-23-10-13-30-25-17-19(34)6-8-21(23)25)16-4-5-27(28)32-24-11-14-31-26-18-20(35)7-9-22(24)26/h6-11,13-14,17-18,27,34-35H,2-5,12,15-16,28H2,1H3,(H,29,30)(H,31,32)/t27-/m1/s1. The molecule has 1 atom stereocenters. The van der Waals surface area contributed by atoms with Crippen LogP contribution in [0.25, 0.3) is 21.8 Å². The highest BCUT2D eigenvalue weighted by Crippen LogP contribution is 2.26. The lowest BCUT2D eigenvalue weighted by Gasteiger charge is -2.20. The Labute approximate surface area is 205 Å². The molecule has 0 bridgehead atoms. The van der Waals surface area contributed by atoms with Gasteiger partial charge < -0.3 is 31.5 Å². The van der Waals surface area contributed by atoms with Crippen LogP contribution in [-0.2, 0) is 0 Å². The van der Waals surface area contributed by atoms with E-state index in [9.17, 15) is 10.2 Å². The van der Waals surface area contributed by atoms with Crippen LogP contribution in [0.15, 0.2) is 60.9 Å². The molecule has 184 valence electrons. The molecule has 0 saturated carbocycles. The van der Waals surface area contributed by atoms with E-state index in [4.69, 9.17) is 5.73 Å². The molecule has 0 aliphatic heterocycles. The third-order valence-corrected chi connectivity index (χ3v) is 6.13. The van der Waals surface area contributed by atoms with Crippen molar-refractivity contribution in [1.29, 1.82) is 0 Å². The number of pyridine rings is 2. The topological polar surface area (TPSA) is 120 Å². The van der Waals surface area contributed by atoms with Crippen LogP contribution >= 0.6 is 0 Å². The Morgan fingerprint density at radius 2 is 1.43 bits per heavy atom. The van der Waals surface area contributed by atoms with Crippen molar-refractivity contribution in [1.82, 2.24) is 14.9 Å². The zero-order chi connectivity index (χ0) is 24.6. The van der Waals surface area contributed by atoms with E-state index in [1.807, 2.05) is 24.3 Å². The number of nitrogens with two attached hydrogens (primary N) is 1. The number of phenolic OH excluding ortho intramolecular Hbond substituents is 2. The van der Waals surface area contributed by atoms with E-state index in [-0.39, 0.29) is 17.7 Å². The predicted octanol–water partition coefficient (Wildman–Crippen LogP) is 4.50. The fraction of sp³-hybridized carbons (Fsp3) is 0.333.